The molecular weight excluding hydrogens is 496 g/mol. The Balaban J connectivity index is 1.46. The number of pyridine rings is 3. The standard InChI is InChI=1S/C28H26N8O3/c1-4-23(37)20-16-30-25(33-24-12-11-18(15-29-24)36-13-6-5-10-26(36)38)14-22(20)32-21-9-7-8-19(27(21)39-3)28-31-17-35(2)34-28/h5-17H,4H2,1-3H3,(H2,29,30,32,33). The van der Waals surface area contributed by atoms with Crippen LogP contribution in [0.3, 0.4) is 0 Å². The number of carbonyl (C=O) groups is 1. The van der Waals surface area contributed by atoms with Gasteiger partial charge in [0.05, 0.1) is 41.5 Å². The summed E-state index contributed by atoms with van der Waals surface area (Å²) < 4.78 is 8.84. The quantitative estimate of drug-likeness (QED) is 0.269. The van der Waals surface area contributed by atoms with Gasteiger partial charge in [0.25, 0.3) is 5.56 Å². The number of Topliss-reactive ketones (excluding diaryl/α,β-unsaturated/α-hetero) is 1. The van der Waals surface area contributed by atoms with Crippen molar-refractivity contribution < 1.29 is 9.53 Å². The summed E-state index contributed by atoms with van der Waals surface area (Å²) in [6.07, 6.45) is 6.75. The topological polar surface area (TPSA) is 129 Å². The fraction of sp³-hybridized carbons (Fsp3) is 0.143. The highest BCUT2D eigenvalue weighted by Gasteiger charge is 2.18. The van der Waals surface area contributed by atoms with Crippen LogP contribution in [-0.4, -0.2) is 42.2 Å². The molecule has 0 bridgehead atoms. The smallest absolute Gasteiger partial charge is 0.255 e. The van der Waals surface area contributed by atoms with E-state index in [2.05, 4.69) is 30.7 Å². The molecule has 196 valence electrons. The first-order valence-electron chi connectivity index (χ1n) is 12.2. The SMILES string of the molecule is CCC(=O)c1cnc(Nc2ccc(-n3ccccc3=O)cn2)cc1Nc1cccc(-c2ncn(C)n2)c1OC. The Morgan fingerprint density at radius 3 is 2.49 bits per heavy atom. The summed E-state index contributed by atoms with van der Waals surface area (Å²) in [6.45, 7) is 1.80. The molecule has 5 rings (SSSR count). The van der Waals surface area contributed by atoms with Crippen molar-refractivity contribution in [1.82, 2.24) is 29.3 Å². The molecule has 5 aromatic rings. The average molecular weight is 523 g/mol. The van der Waals surface area contributed by atoms with Crippen LogP contribution >= 0.6 is 0 Å². The van der Waals surface area contributed by atoms with Crippen molar-refractivity contribution in [2.24, 2.45) is 7.05 Å². The van der Waals surface area contributed by atoms with Gasteiger partial charge in [0.1, 0.15) is 18.0 Å². The van der Waals surface area contributed by atoms with Gasteiger partial charge in [-0.25, -0.2) is 15.0 Å². The van der Waals surface area contributed by atoms with E-state index in [0.717, 1.165) is 0 Å². The van der Waals surface area contributed by atoms with Gasteiger partial charge in [0.15, 0.2) is 17.4 Å². The molecule has 0 aliphatic heterocycles. The average Bonchev–Trinajstić information content (AvgIpc) is 3.39. The molecule has 0 amide bonds. The van der Waals surface area contributed by atoms with Crippen LogP contribution < -0.4 is 20.9 Å². The number of carbonyl (C=O) groups excluding carboxylic acids is 1. The number of aryl methyl sites for hydroxylation is 1. The van der Waals surface area contributed by atoms with Crippen LogP contribution in [0.4, 0.5) is 23.0 Å². The predicted octanol–water partition coefficient (Wildman–Crippen LogP) is 4.51. The van der Waals surface area contributed by atoms with E-state index in [1.165, 1.54) is 16.8 Å². The Hall–Kier alpha value is -5.32. The lowest BCUT2D eigenvalue weighted by atomic mass is 10.1. The van der Waals surface area contributed by atoms with Gasteiger partial charge in [-0.1, -0.05) is 19.1 Å². The fourth-order valence-electron chi connectivity index (χ4n) is 4.05. The van der Waals surface area contributed by atoms with E-state index in [-0.39, 0.29) is 11.3 Å². The predicted molar refractivity (Wildman–Crippen MR) is 148 cm³/mol. The van der Waals surface area contributed by atoms with Crippen LogP contribution in [0.2, 0.25) is 0 Å². The summed E-state index contributed by atoms with van der Waals surface area (Å²) in [5, 5.41) is 10.9. The van der Waals surface area contributed by atoms with Gasteiger partial charge in [0.2, 0.25) is 0 Å². The maximum atomic E-state index is 12.7. The monoisotopic (exact) mass is 522 g/mol. The van der Waals surface area contributed by atoms with Crippen molar-refractivity contribution in [3.05, 3.63) is 95.4 Å². The van der Waals surface area contributed by atoms with Crippen LogP contribution in [0.15, 0.2) is 84.3 Å². The van der Waals surface area contributed by atoms with Gasteiger partial charge in [-0.15, -0.1) is 0 Å². The summed E-state index contributed by atoms with van der Waals surface area (Å²) in [5.74, 6) is 2.00. The first-order chi connectivity index (χ1) is 19.0. The van der Waals surface area contributed by atoms with E-state index < -0.39 is 0 Å². The summed E-state index contributed by atoms with van der Waals surface area (Å²) in [5.41, 5.74) is 2.84. The van der Waals surface area contributed by atoms with E-state index in [0.29, 0.717) is 57.8 Å². The highest BCUT2D eigenvalue weighted by molar-refractivity contribution is 6.02. The van der Waals surface area contributed by atoms with Crippen molar-refractivity contribution in [3.8, 4) is 22.8 Å². The zero-order valence-electron chi connectivity index (χ0n) is 21.6. The number of ketones is 1. The molecule has 11 nitrogen and oxygen atoms in total. The van der Waals surface area contributed by atoms with Crippen LogP contribution in [-0.2, 0) is 7.05 Å². The van der Waals surface area contributed by atoms with Crippen LogP contribution in [0.25, 0.3) is 17.1 Å². The van der Waals surface area contributed by atoms with Crippen molar-refractivity contribution in [2.75, 3.05) is 17.7 Å². The third kappa shape index (κ3) is 5.37. The summed E-state index contributed by atoms with van der Waals surface area (Å²) in [4.78, 5) is 38.0. The van der Waals surface area contributed by atoms with Gasteiger partial charge in [-0.2, -0.15) is 5.10 Å². The van der Waals surface area contributed by atoms with Crippen molar-refractivity contribution in [2.45, 2.75) is 13.3 Å². The summed E-state index contributed by atoms with van der Waals surface area (Å²) >= 11 is 0. The summed E-state index contributed by atoms with van der Waals surface area (Å²) in [7, 11) is 3.37. The molecule has 0 spiro atoms. The molecule has 1 aromatic carbocycles. The van der Waals surface area contributed by atoms with Crippen LogP contribution in [0.1, 0.15) is 23.7 Å². The van der Waals surface area contributed by atoms with Crippen LogP contribution in [0.5, 0.6) is 5.75 Å². The number of anilines is 4. The van der Waals surface area contributed by atoms with Crippen molar-refractivity contribution in [1.29, 1.82) is 0 Å². The number of benzene rings is 1. The first kappa shape index (κ1) is 25.3. The number of ether oxygens (including phenoxy) is 1. The highest BCUT2D eigenvalue weighted by Crippen LogP contribution is 2.37. The molecule has 0 fully saturated rings. The van der Waals surface area contributed by atoms with Crippen LogP contribution in [0, 0.1) is 0 Å². The number of nitrogens with one attached hydrogen (secondary N) is 2. The summed E-state index contributed by atoms with van der Waals surface area (Å²) in [6, 6.07) is 15.8. The number of rotatable bonds is 9. The van der Waals surface area contributed by atoms with Crippen molar-refractivity contribution >= 4 is 28.8 Å². The maximum Gasteiger partial charge on any atom is 0.255 e. The van der Waals surface area contributed by atoms with Crippen molar-refractivity contribution in [3.63, 3.8) is 0 Å². The second kappa shape index (κ2) is 11.0. The molecule has 0 aliphatic carbocycles. The van der Waals surface area contributed by atoms with E-state index in [1.807, 2.05) is 18.2 Å². The molecule has 4 aromatic heterocycles. The Morgan fingerprint density at radius 2 is 1.79 bits per heavy atom. The number of para-hydroxylation sites is 1. The normalized spacial score (nSPS) is 10.7. The Labute approximate surface area is 224 Å². The molecule has 0 radical (unpaired) electrons. The maximum absolute atomic E-state index is 12.7. The van der Waals surface area contributed by atoms with Gasteiger partial charge in [0, 0.05) is 38.0 Å². The number of hydrogen-bond acceptors (Lipinski definition) is 9. The second-order valence-electron chi connectivity index (χ2n) is 8.58. The van der Waals surface area contributed by atoms with E-state index in [1.54, 1.807) is 74.8 Å². The van der Waals surface area contributed by atoms with Gasteiger partial charge in [-0.3, -0.25) is 18.8 Å². The molecule has 0 saturated heterocycles. The molecule has 0 aliphatic rings. The highest BCUT2D eigenvalue weighted by atomic mass is 16.5. The lowest BCUT2D eigenvalue weighted by molar-refractivity contribution is 0.0988. The number of methoxy groups -OCH3 is 1. The molecule has 0 saturated carbocycles. The Morgan fingerprint density at radius 1 is 0.949 bits per heavy atom. The minimum atomic E-state index is -0.146. The number of hydrogen-bond donors (Lipinski definition) is 2. The van der Waals surface area contributed by atoms with Gasteiger partial charge >= 0.3 is 0 Å². The third-order valence-electron chi connectivity index (χ3n) is 5.96. The van der Waals surface area contributed by atoms with E-state index in [4.69, 9.17) is 4.74 Å². The molecule has 39 heavy (non-hydrogen) atoms. The minimum Gasteiger partial charge on any atom is -0.494 e. The van der Waals surface area contributed by atoms with Gasteiger partial charge in [-0.05, 0) is 30.3 Å². The van der Waals surface area contributed by atoms with Gasteiger partial charge < -0.3 is 15.4 Å². The lowest BCUT2D eigenvalue weighted by Gasteiger charge is -2.17. The fourth-order valence-corrected chi connectivity index (χ4v) is 4.05. The molecule has 0 unspecified atom stereocenters. The Kier molecular flexibility index (Phi) is 7.13. The number of nitrogens with zero attached hydrogens (tertiary/aromatic N) is 6. The molecular formula is C28H26N8O3. The lowest BCUT2D eigenvalue weighted by Crippen LogP contribution is -2.15. The zero-order valence-corrected chi connectivity index (χ0v) is 21.6. The molecule has 11 heteroatoms. The first-order valence-corrected chi connectivity index (χ1v) is 12.2. The number of aromatic nitrogens is 6. The molecule has 0 atom stereocenters. The Bertz CT molecular complexity index is 1690. The minimum absolute atomic E-state index is 0.0613. The molecule has 2 N–H and O–H groups in total. The largest absolute Gasteiger partial charge is 0.494 e. The third-order valence-corrected chi connectivity index (χ3v) is 5.96. The van der Waals surface area contributed by atoms with E-state index in [9.17, 15) is 9.59 Å². The zero-order chi connectivity index (χ0) is 27.4. The van der Waals surface area contributed by atoms with E-state index >= 15 is 0 Å². The second-order valence-corrected chi connectivity index (χ2v) is 8.58. The molecule has 4 heterocycles.